The highest BCUT2D eigenvalue weighted by Crippen LogP contribution is 2.23. The van der Waals surface area contributed by atoms with Crippen molar-refractivity contribution in [2.24, 2.45) is 0 Å². The highest BCUT2D eigenvalue weighted by Gasteiger charge is 2.41. The maximum Gasteiger partial charge on any atom is 0.246 e. The summed E-state index contributed by atoms with van der Waals surface area (Å²) in [4.78, 5) is 61.0. The predicted octanol–water partition coefficient (Wildman–Crippen LogP) is 3.83. The Morgan fingerprint density at radius 3 is 2.04 bits per heavy atom. The van der Waals surface area contributed by atoms with Crippen LogP contribution in [0.5, 0.6) is 5.75 Å². The molecule has 48 heavy (non-hydrogen) atoms. The lowest BCUT2D eigenvalue weighted by Gasteiger charge is -2.32. The minimum absolute atomic E-state index is 0.180. The maximum atomic E-state index is 14.1. The van der Waals surface area contributed by atoms with Crippen LogP contribution in [0, 0.1) is 0 Å². The van der Waals surface area contributed by atoms with Crippen molar-refractivity contribution in [3.05, 3.63) is 102 Å². The van der Waals surface area contributed by atoms with Crippen LogP contribution in [0.25, 0.3) is 10.9 Å². The molecule has 3 heterocycles. The number of rotatable bonds is 7. The fourth-order valence-electron chi connectivity index (χ4n) is 6.59. The molecule has 3 aromatic carbocycles. The minimum Gasteiger partial charge on any atom is -0.488 e. The monoisotopic (exact) mass is 649 g/mol. The number of aromatic amines is 1. The molecule has 10 heteroatoms. The van der Waals surface area contributed by atoms with Gasteiger partial charge in [-0.15, -0.1) is 0 Å². The maximum absolute atomic E-state index is 14.1. The first kappa shape index (κ1) is 32.8. The summed E-state index contributed by atoms with van der Waals surface area (Å²) in [5.74, 6) is -0.942. The Morgan fingerprint density at radius 1 is 0.708 bits per heavy atom. The van der Waals surface area contributed by atoms with Crippen LogP contribution in [-0.4, -0.2) is 69.8 Å². The van der Waals surface area contributed by atoms with Gasteiger partial charge in [-0.3, -0.25) is 19.2 Å². The van der Waals surface area contributed by atoms with Crippen molar-refractivity contribution in [2.75, 3.05) is 6.54 Å². The second-order valence-corrected chi connectivity index (χ2v) is 13.7. The zero-order valence-electron chi connectivity index (χ0n) is 27.6. The Labute approximate surface area is 280 Å². The highest BCUT2D eigenvalue weighted by molar-refractivity contribution is 5.98. The lowest BCUT2D eigenvalue weighted by atomic mass is 9.99. The third-order valence-corrected chi connectivity index (χ3v) is 8.89. The smallest absolute Gasteiger partial charge is 0.246 e. The van der Waals surface area contributed by atoms with E-state index in [1.165, 1.54) is 0 Å². The first-order valence-corrected chi connectivity index (χ1v) is 16.6. The molecule has 0 saturated carbocycles. The van der Waals surface area contributed by atoms with Crippen molar-refractivity contribution in [3.63, 3.8) is 0 Å². The molecule has 2 saturated heterocycles. The van der Waals surface area contributed by atoms with Crippen LogP contribution in [-0.2, 0) is 38.4 Å². The zero-order chi connectivity index (χ0) is 33.8. The van der Waals surface area contributed by atoms with Gasteiger partial charge >= 0.3 is 0 Å². The third kappa shape index (κ3) is 7.70. The van der Waals surface area contributed by atoms with E-state index in [4.69, 9.17) is 4.74 Å². The van der Waals surface area contributed by atoms with Gasteiger partial charge in [0.05, 0.1) is 0 Å². The van der Waals surface area contributed by atoms with Gasteiger partial charge in [0.15, 0.2) is 0 Å². The Bertz CT molecular complexity index is 1780. The number of aromatic nitrogens is 1. The van der Waals surface area contributed by atoms with Crippen molar-refractivity contribution < 1.29 is 23.9 Å². The van der Waals surface area contributed by atoms with Crippen LogP contribution in [0.4, 0.5) is 0 Å². The summed E-state index contributed by atoms with van der Waals surface area (Å²) >= 11 is 0. The van der Waals surface area contributed by atoms with E-state index in [0.29, 0.717) is 25.1 Å². The Kier molecular flexibility index (Phi) is 9.52. The van der Waals surface area contributed by atoms with Gasteiger partial charge in [-0.2, -0.15) is 0 Å². The number of benzene rings is 3. The molecule has 1 aromatic heterocycles. The largest absolute Gasteiger partial charge is 0.488 e. The molecule has 0 unspecified atom stereocenters. The van der Waals surface area contributed by atoms with E-state index >= 15 is 0 Å². The predicted molar refractivity (Wildman–Crippen MR) is 183 cm³/mol. The number of ether oxygens (including phenoxy) is 1. The SMILES string of the molecule is CC(C)(C)Oc1ccc(C[C@@H]2NC(=O)[C@H]3CCCN3C(=O)[C@H](Cc3ccccc3)NC(=O)[C@@H](Cc3c[nH]c4ccccc34)NC2=O)cc1. The summed E-state index contributed by atoms with van der Waals surface area (Å²) in [5, 5.41) is 9.82. The third-order valence-electron chi connectivity index (χ3n) is 8.89. The van der Waals surface area contributed by atoms with Crippen LogP contribution in [0.15, 0.2) is 85.1 Å². The Balaban J connectivity index is 1.33. The van der Waals surface area contributed by atoms with E-state index in [1.54, 1.807) is 4.90 Å². The van der Waals surface area contributed by atoms with Crippen LogP contribution in [0.3, 0.4) is 0 Å². The molecular weight excluding hydrogens is 606 g/mol. The Hall–Kier alpha value is -5.12. The zero-order valence-corrected chi connectivity index (χ0v) is 27.6. The van der Waals surface area contributed by atoms with E-state index in [2.05, 4.69) is 20.9 Å². The van der Waals surface area contributed by atoms with Gasteiger partial charge in [0.25, 0.3) is 0 Å². The molecule has 250 valence electrons. The van der Waals surface area contributed by atoms with E-state index in [-0.39, 0.29) is 36.7 Å². The second-order valence-electron chi connectivity index (χ2n) is 13.7. The first-order valence-electron chi connectivity index (χ1n) is 16.6. The average molecular weight is 650 g/mol. The quantitative estimate of drug-likeness (QED) is 0.242. The number of hydrogen-bond donors (Lipinski definition) is 4. The summed E-state index contributed by atoms with van der Waals surface area (Å²) in [5.41, 5.74) is 3.07. The normalized spacial score (nSPS) is 22.3. The van der Waals surface area contributed by atoms with Gasteiger partial charge in [-0.1, -0.05) is 60.7 Å². The van der Waals surface area contributed by atoms with Crippen LogP contribution >= 0.6 is 0 Å². The molecule has 0 radical (unpaired) electrons. The second kappa shape index (κ2) is 13.9. The molecule has 4 atom stereocenters. The molecule has 4 N–H and O–H groups in total. The van der Waals surface area contributed by atoms with Gasteiger partial charge in [0, 0.05) is 42.9 Å². The Morgan fingerprint density at radius 2 is 1.31 bits per heavy atom. The summed E-state index contributed by atoms with van der Waals surface area (Å²) in [6.07, 6.45) is 3.57. The number of nitrogens with zero attached hydrogens (tertiary/aromatic N) is 1. The summed E-state index contributed by atoms with van der Waals surface area (Å²) in [7, 11) is 0. The van der Waals surface area contributed by atoms with Crippen molar-refractivity contribution in [1.82, 2.24) is 25.8 Å². The number of fused-ring (bicyclic) bond motifs is 2. The van der Waals surface area contributed by atoms with Crippen molar-refractivity contribution in [3.8, 4) is 5.75 Å². The topological polar surface area (TPSA) is 133 Å². The van der Waals surface area contributed by atoms with E-state index in [9.17, 15) is 19.2 Å². The molecule has 0 bridgehead atoms. The van der Waals surface area contributed by atoms with E-state index < -0.39 is 36.0 Å². The lowest BCUT2D eigenvalue weighted by Crippen LogP contribution is -2.62. The molecule has 2 fully saturated rings. The summed E-state index contributed by atoms with van der Waals surface area (Å²) in [6.45, 7) is 6.29. The molecule has 2 aliphatic heterocycles. The summed E-state index contributed by atoms with van der Waals surface area (Å²) in [6, 6.07) is 21.0. The molecule has 2 aliphatic rings. The fourth-order valence-corrected chi connectivity index (χ4v) is 6.59. The van der Waals surface area contributed by atoms with E-state index in [1.807, 2.05) is 106 Å². The number of H-pyrrole nitrogens is 1. The highest BCUT2D eigenvalue weighted by atomic mass is 16.5. The molecule has 6 rings (SSSR count). The van der Waals surface area contributed by atoms with Crippen LogP contribution in [0.2, 0.25) is 0 Å². The van der Waals surface area contributed by atoms with E-state index in [0.717, 1.165) is 27.6 Å². The van der Waals surface area contributed by atoms with Crippen LogP contribution in [0.1, 0.15) is 50.3 Å². The first-order chi connectivity index (χ1) is 23.0. The van der Waals surface area contributed by atoms with Crippen molar-refractivity contribution in [2.45, 2.75) is 82.6 Å². The number of amides is 4. The van der Waals surface area contributed by atoms with Crippen molar-refractivity contribution in [1.29, 1.82) is 0 Å². The number of carbonyl (C=O) groups excluding carboxylic acids is 4. The van der Waals surface area contributed by atoms with Crippen molar-refractivity contribution >= 4 is 34.5 Å². The minimum atomic E-state index is -1.02. The lowest BCUT2D eigenvalue weighted by molar-refractivity contribution is -0.143. The molecule has 0 aliphatic carbocycles. The fraction of sp³-hybridized carbons (Fsp3) is 0.368. The summed E-state index contributed by atoms with van der Waals surface area (Å²) < 4.78 is 5.95. The number of nitrogens with one attached hydrogen (secondary N) is 4. The molecule has 4 amide bonds. The van der Waals surface area contributed by atoms with Gasteiger partial charge in [-0.25, -0.2) is 0 Å². The average Bonchev–Trinajstić information content (AvgIpc) is 3.72. The molecule has 4 aromatic rings. The number of hydrogen-bond acceptors (Lipinski definition) is 5. The van der Waals surface area contributed by atoms with Gasteiger partial charge in [-0.05, 0) is 68.5 Å². The molecule has 10 nitrogen and oxygen atoms in total. The van der Waals surface area contributed by atoms with Gasteiger partial charge in [0.2, 0.25) is 23.6 Å². The standard InChI is InChI=1S/C38H43N5O5/c1-38(2,3)48-27-17-15-25(16-18-27)20-30-34(44)40-31(22-26-23-39-29-13-8-7-12-28(26)29)35(45)42-32(21-24-10-5-4-6-11-24)37(47)43-19-9-14-33(43)36(46)41-30/h4-8,10-13,15-18,23,30-33,39H,9,14,19-22H2,1-3H3,(H,40,44)(H,41,46)(H,42,45)/t30-,31+,32-,33+/m0/s1. The van der Waals surface area contributed by atoms with Gasteiger partial charge in [0.1, 0.15) is 35.5 Å². The van der Waals surface area contributed by atoms with Crippen LogP contribution < -0.4 is 20.7 Å². The molecular formula is C38H43N5O5. The number of carbonyl (C=O) groups is 4. The van der Waals surface area contributed by atoms with Gasteiger partial charge < -0.3 is 30.6 Å². The molecule has 0 spiro atoms. The number of para-hydroxylation sites is 1.